The molecule has 6 aromatic heterocycles. The van der Waals surface area contributed by atoms with E-state index >= 15 is 0 Å². The fourth-order valence-corrected chi connectivity index (χ4v) is 11.1. The Hall–Kier alpha value is -6.08. The quantitative estimate of drug-likeness (QED) is 0.0361. The van der Waals surface area contributed by atoms with Gasteiger partial charge >= 0.3 is 0 Å². The number of aliphatic hydroxyl groups excluding tert-OH is 3. The van der Waals surface area contributed by atoms with E-state index in [4.69, 9.17) is 17.2 Å². The van der Waals surface area contributed by atoms with Gasteiger partial charge in [0.05, 0.1) is 47.7 Å². The molecule has 0 fully saturated rings. The number of hydrogen-bond acceptors (Lipinski definition) is 22. The second-order valence-corrected chi connectivity index (χ2v) is 21.5. The number of carbonyl (C=O) groups excluding carboxylic acids is 3. The first-order chi connectivity index (χ1) is 38.8. The zero-order chi connectivity index (χ0) is 57.1. The highest BCUT2D eigenvalue weighted by molar-refractivity contribution is 7.59. The summed E-state index contributed by atoms with van der Waals surface area (Å²) < 4.78 is 1.83. The fraction of sp³-hybridized carbons (Fsp3) is 0.545. The number of amides is 3. The van der Waals surface area contributed by atoms with E-state index in [1.807, 2.05) is 29.9 Å². The molecule has 6 aromatic rings. The van der Waals surface area contributed by atoms with Crippen LogP contribution >= 0.6 is 63.2 Å². The largest absolute Gasteiger partial charge is 0.396 e. The number of rotatable bonds is 22. The summed E-state index contributed by atoms with van der Waals surface area (Å²) in [6.07, 6.45) is 12.7. The second kappa shape index (κ2) is 36.0. The van der Waals surface area contributed by atoms with Crippen LogP contribution in [0.25, 0.3) is 0 Å². The van der Waals surface area contributed by atoms with E-state index in [1.165, 1.54) is 22.7 Å². The molecule has 0 bridgehead atoms. The molecular formula is C55H88N18O6S5. The Kier molecular flexibility index (Phi) is 31.0. The van der Waals surface area contributed by atoms with Crippen molar-refractivity contribution in [1.29, 1.82) is 0 Å². The molecule has 3 aliphatic heterocycles. The first-order valence-corrected chi connectivity index (χ1v) is 29.5. The fourth-order valence-electron chi connectivity index (χ4n) is 10.1. The molecule has 9 rings (SSSR count). The van der Waals surface area contributed by atoms with Crippen LogP contribution in [0.15, 0.2) is 40.1 Å². The van der Waals surface area contributed by atoms with Gasteiger partial charge in [-0.25, -0.2) is 24.9 Å². The van der Waals surface area contributed by atoms with Gasteiger partial charge in [-0.1, -0.05) is 53.9 Å². The minimum atomic E-state index is -0.0832. The smallest absolute Gasteiger partial charge is 0.273 e. The normalized spacial score (nSPS) is 14.0. The van der Waals surface area contributed by atoms with Crippen molar-refractivity contribution in [1.82, 2.24) is 59.1 Å². The van der Waals surface area contributed by atoms with E-state index in [2.05, 4.69) is 76.6 Å². The molecule has 0 aliphatic carbocycles. The van der Waals surface area contributed by atoms with E-state index in [0.717, 1.165) is 84.5 Å². The number of fused-ring (bicyclic) bond motifs is 3. The monoisotopic (exact) mass is 1260 g/mol. The second-order valence-electron chi connectivity index (χ2n) is 20.0. The van der Waals surface area contributed by atoms with Gasteiger partial charge in [-0.05, 0) is 57.1 Å². The molecule has 0 saturated heterocycles. The summed E-state index contributed by atoms with van der Waals surface area (Å²) in [5, 5.41) is 41.8. The number of anilines is 6. The highest BCUT2D eigenvalue weighted by Gasteiger charge is 2.31. The molecule has 464 valence electrons. The molecule has 29 heteroatoms. The number of aryl methyl sites for hydroxylation is 1. The standard InChI is InChI=1S/C20H30N6O2.2C17H24N6O2S.CH4.3H2S/c1-3-4-6-14(9-12-27)22-18-15-8-11-26(13-16(15)23-20(21)24-18)19(28)17-7-5-10-25(17)2;2*1-2-3-11(5-7-24)20-15-12-8-23(16(25)14-9-26-10-19-14)6-4-13(12)21-17(18)22-15;;;;/h5,7,10,14,27H,3-4,6,8-9,11-13H2,1-2H3,(H3,21,22,23,24);2*9-11,24H,2-8H2,1H3,(H3,18,20,21,22);1H4;3*1H2/t14-;2*11-;;;;/m000..../s1. The number of nitrogen functional groups attached to an aromatic ring is 3. The lowest BCUT2D eigenvalue weighted by Crippen LogP contribution is -2.38. The molecule has 0 saturated carbocycles. The number of carbonyl (C=O) groups is 3. The Morgan fingerprint density at radius 1 is 0.560 bits per heavy atom. The molecule has 24 nitrogen and oxygen atoms in total. The highest BCUT2D eigenvalue weighted by atomic mass is 32.1. The first-order valence-electron chi connectivity index (χ1n) is 27.6. The summed E-state index contributed by atoms with van der Waals surface area (Å²) >= 11 is 2.81. The van der Waals surface area contributed by atoms with Crippen LogP contribution in [-0.4, -0.2) is 150 Å². The zero-order valence-electron chi connectivity index (χ0n) is 47.8. The van der Waals surface area contributed by atoms with Gasteiger partial charge in [0.1, 0.15) is 34.5 Å². The molecule has 9 heterocycles. The van der Waals surface area contributed by atoms with Crippen molar-refractivity contribution < 1.29 is 29.7 Å². The van der Waals surface area contributed by atoms with E-state index in [9.17, 15) is 29.7 Å². The van der Waals surface area contributed by atoms with Crippen molar-refractivity contribution in [2.24, 2.45) is 7.05 Å². The number of nitrogens with one attached hydrogen (secondary N) is 3. The Morgan fingerprint density at radius 2 is 0.976 bits per heavy atom. The van der Waals surface area contributed by atoms with E-state index < -0.39 is 0 Å². The van der Waals surface area contributed by atoms with Gasteiger partial charge in [-0.3, -0.25) is 14.4 Å². The van der Waals surface area contributed by atoms with Crippen molar-refractivity contribution in [2.75, 3.05) is 72.6 Å². The SMILES string of the molecule is C.CCCC[C@@H](CCO)Nc1nc(N)nc2c1CCN(C(=O)c1cccn1C)C2.CCC[C@@H](CCO)Nc1nc(N)nc2c1CN(C(=O)c1cscn1)CC2.CCC[C@@H](CCO)Nc1nc(N)nc2c1CN(C(=O)c1cscn1)CC2.S.S.S. The molecule has 84 heavy (non-hydrogen) atoms. The summed E-state index contributed by atoms with van der Waals surface area (Å²) in [6.45, 7) is 9.72. The Morgan fingerprint density at radius 3 is 1.37 bits per heavy atom. The average Bonchev–Trinajstić information content (AvgIpc) is 4.39. The van der Waals surface area contributed by atoms with Crippen LogP contribution in [0.2, 0.25) is 0 Å². The van der Waals surface area contributed by atoms with Crippen LogP contribution in [0.3, 0.4) is 0 Å². The number of aliphatic hydroxyl groups is 3. The van der Waals surface area contributed by atoms with Gasteiger partial charge in [0.2, 0.25) is 17.8 Å². The van der Waals surface area contributed by atoms with Crippen LogP contribution in [-0.2, 0) is 45.9 Å². The summed E-state index contributed by atoms with van der Waals surface area (Å²) in [5.74, 6) is 2.54. The van der Waals surface area contributed by atoms with Crippen molar-refractivity contribution in [3.05, 3.63) is 91.0 Å². The lowest BCUT2D eigenvalue weighted by molar-refractivity contribution is 0.0717. The van der Waals surface area contributed by atoms with E-state index in [0.29, 0.717) is 107 Å². The third-order valence-electron chi connectivity index (χ3n) is 14.2. The van der Waals surface area contributed by atoms with Crippen molar-refractivity contribution in [2.45, 2.75) is 149 Å². The Balaban J connectivity index is 0.000000323. The van der Waals surface area contributed by atoms with Gasteiger partial charge in [-0.15, -0.1) is 22.7 Å². The van der Waals surface area contributed by atoms with Gasteiger partial charge in [0, 0.05) is 111 Å². The first kappa shape index (κ1) is 72.2. The summed E-state index contributed by atoms with van der Waals surface area (Å²) in [5.41, 5.74) is 28.0. The minimum Gasteiger partial charge on any atom is -0.396 e. The lowest BCUT2D eigenvalue weighted by Gasteiger charge is -2.30. The van der Waals surface area contributed by atoms with Gasteiger partial charge in [0.15, 0.2) is 0 Å². The predicted octanol–water partition coefficient (Wildman–Crippen LogP) is 6.28. The minimum absolute atomic E-state index is 0. The number of hydrogen-bond donors (Lipinski definition) is 9. The maximum atomic E-state index is 12.8. The third-order valence-corrected chi connectivity index (χ3v) is 15.4. The van der Waals surface area contributed by atoms with Gasteiger partial charge in [0.25, 0.3) is 17.7 Å². The Labute approximate surface area is 522 Å². The van der Waals surface area contributed by atoms with Crippen LogP contribution < -0.4 is 33.2 Å². The third kappa shape index (κ3) is 19.5. The molecule has 12 N–H and O–H groups in total. The van der Waals surface area contributed by atoms with Crippen molar-refractivity contribution in [3.63, 3.8) is 0 Å². The van der Waals surface area contributed by atoms with Crippen LogP contribution in [0.1, 0.15) is 158 Å². The number of nitrogens with two attached hydrogens (primary N) is 3. The van der Waals surface area contributed by atoms with Crippen molar-refractivity contribution >= 4 is 116 Å². The number of nitrogens with zero attached hydrogens (tertiary/aromatic N) is 12. The molecular weight excluding hydrogens is 1170 g/mol. The van der Waals surface area contributed by atoms with Crippen LogP contribution in [0.4, 0.5) is 35.3 Å². The molecule has 3 aliphatic rings. The lowest BCUT2D eigenvalue weighted by atomic mass is 10.0. The van der Waals surface area contributed by atoms with Gasteiger partial charge in [-0.2, -0.15) is 55.4 Å². The van der Waals surface area contributed by atoms with E-state index in [1.54, 1.807) is 36.5 Å². The van der Waals surface area contributed by atoms with Crippen LogP contribution in [0.5, 0.6) is 0 Å². The van der Waals surface area contributed by atoms with Gasteiger partial charge < -0.3 is 67.7 Å². The maximum Gasteiger partial charge on any atom is 0.273 e. The predicted molar refractivity (Wildman–Crippen MR) is 349 cm³/mol. The number of unbranched alkanes of at least 4 members (excludes halogenated alkanes) is 1. The summed E-state index contributed by atoms with van der Waals surface area (Å²) in [6, 6.07) is 4.05. The summed E-state index contributed by atoms with van der Waals surface area (Å²) in [7, 11) is 1.87. The van der Waals surface area contributed by atoms with Crippen LogP contribution in [0, 0.1) is 0 Å². The number of aromatic nitrogens is 9. The molecule has 0 unspecified atom stereocenters. The maximum absolute atomic E-state index is 12.8. The molecule has 0 aromatic carbocycles. The molecule has 3 atom stereocenters. The molecule has 3 amide bonds. The molecule has 0 radical (unpaired) electrons. The molecule has 0 spiro atoms. The number of thiazole rings is 2. The van der Waals surface area contributed by atoms with Crippen molar-refractivity contribution in [3.8, 4) is 0 Å². The highest BCUT2D eigenvalue weighted by Crippen LogP contribution is 2.30. The van der Waals surface area contributed by atoms with E-state index in [-0.39, 0.29) is 121 Å². The topological polar surface area (TPSA) is 344 Å². The summed E-state index contributed by atoms with van der Waals surface area (Å²) in [4.78, 5) is 77.9. The zero-order valence-corrected chi connectivity index (χ0v) is 52.4. The average molecular weight is 1260 g/mol. The Bertz CT molecular complexity index is 2820.